The Kier molecular flexibility index (Phi) is 4.71. The molecule has 0 radical (unpaired) electrons. The van der Waals surface area contributed by atoms with E-state index in [4.69, 9.17) is 0 Å². The Hall–Kier alpha value is -1.57. The molecule has 2 amide bonds. The SMILES string of the molecule is Cc1ccc(C(=O)NCC(=O)NCC(F)(F)F)s1. The molecule has 0 unspecified atom stereocenters. The third kappa shape index (κ3) is 5.17. The molecule has 18 heavy (non-hydrogen) atoms. The highest BCUT2D eigenvalue weighted by Crippen LogP contribution is 2.14. The van der Waals surface area contributed by atoms with E-state index in [1.165, 1.54) is 11.3 Å². The molecule has 0 atom stereocenters. The predicted molar refractivity (Wildman–Crippen MR) is 60.5 cm³/mol. The number of alkyl halides is 3. The first-order valence-corrected chi connectivity index (χ1v) is 5.77. The molecule has 1 aromatic heterocycles. The summed E-state index contributed by atoms with van der Waals surface area (Å²) < 4.78 is 35.3. The van der Waals surface area contributed by atoms with Gasteiger partial charge >= 0.3 is 6.18 Å². The van der Waals surface area contributed by atoms with E-state index in [2.05, 4.69) is 5.32 Å². The van der Waals surface area contributed by atoms with Crippen LogP contribution in [0.1, 0.15) is 14.5 Å². The summed E-state index contributed by atoms with van der Waals surface area (Å²) in [5, 5.41) is 3.90. The molecule has 0 aromatic carbocycles. The predicted octanol–water partition coefficient (Wildman–Crippen LogP) is 1.46. The highest BCUT2D eigenvalue weighted by Gasteiger charge is 2.27. The van der Waals surface area contributed by atoms with Crippen LogP contribution < -0.4 is 10.6 Å². The number of hydrogen-bond donors (Lipinski definition) is 2. The maximum Gasteiger partial charge on any atom is 0.405 e. The number of carbonyl (C=O) groups is 2. The molecule has 0 fully saturated rings. The van der Waals surface area contributed by atoms with E-state index in [1.807, 2.05) is 6.92 Å². The monoisotopic (exact) mass is 280 g/mol. The number of carbonyl (C=O) groups excluding carboxylic acids is 2. The van der Waals surface area contributed by atoms with Crippen LogP contribution in [0.5, 0.6) is 0 Å². The van der Waals surface area contributed by atoms with E-state index < -0.39 is 31.1 Å². The first-order chi connectivity index (χ1) is 8.28. The number of amides is 2. The number of hydrogen-bond acceptors (Lipinski definition) is 3. The fourth-order valence-corrected chi connectivity index (χ4v) is 1.85. The molecule has 2 N–H and O–H groups in total. The van der Waals surface area contributed by atoms with Crippen LogP contribution in [-0.2, 0) is 4.79 Å². The highest BCUT2D eigenvalue weighted by molar-refractivity contribution is 7.13. The van der Waals surface area contributed by atoms with Crippen molar-refractivity contribution < 1.29 is 22.8 Å². The Morgan fingerprint density at radius 3 is 2.44 bits per heavy atom. The van der Waals surface area contributed by atoms with Gasteiger partial charge in [-0.15, -0.1) is 11.3 Å². The van der Waals surface area contributed by atoms with Gasteiger partial charge in [0.1, 0.15) is 6.54 Å². The standard InChI is InChI=1S/C10H11F3N2O2S/c1-6-2-3-7(18-6)9(17)14-4-8(16)15-5-10(11,12)13/h2-3H,4-5H2,1H3,(H,14,17)(H,15,16). The third-order valence-corrected chi connectivity index (χ3v) is 2.86. The summed E-state index contributed by atoms with van der Waals surface area (Å²) in [6.07, 6.45) is -4.45. The van der Waals surface area contributed by atoms with E-state index in [-0.39, 0.29) is 0 Å². The zero-order chi connectivity index (χ0) is 13.8. The number of halogens is 3. The number of thiophene rings is 1. The summed E-state index contributed by atoms with van der Waals surface area (Å²) in [4.78, 5) is 23.8. The zero-order valence-electron chi connectivity index (χ0n) is 9.43. The molecular weight excluding hydrogens is 269 g/mol. The zero-order valence-corrected chi connectivity index (χ0v) is 10.2. The van der Waals surface area contributed by atoms with Crippen LogP contribution in [0.25, 0.3) is 0 Å². The molecule has 0 bridgehead atoms. The van der Waals surface area contributed by atoms with Crippen molar-refractivity contribution in [3.05, 3.63) is 21.9 Å². The molecule has 1 heterocycles. The second kappa shape index (κ2) is 5.85. The van der Waals surface area contributed by atoms with Crippen molar-refractivity contribution in [2.75, 3.05) is 13.1 Å². The fourth-order valence-electron chi connectivity index (χ4n) is 1.07. The Morgan fingerprint density at radius 1 is 1.28 bits per heavy atom. The van der Waals surface area contributed by atoms with E-state index in [0.29, 0.717) is 4.88 Å². The van der Waals surface area contributed by atoms with E-state index in [0.717, 1.165) is 4.88 Å². The molecular formula is C10H11F3N2O2S. The Morgan fingerprint density at radius 2 is 1.94 bits per heavy atom. The number of aryl methyl sites for hydroxylation is 1. The molecule has 100 valence electrons. The normalized spacial score (nSPS) is 11.1. The van der Waals surface area contributed by atoms with Gasteiger partial charge in [-0.1, -0.05) is 0 Å². The van der Waals surface area contributed by atoms with Gasteiger partial charge in [0.25, 0.3) is 5.91 Å². The lowest BCUT2D eigenvalue weighted by molar-refractivity contribution is -0.137. The van der Waals surface area contributed by atoms with Crippen LogP contribution >= 0.6 is 11.3 Å². The maximum atomic E-state index is 11.8. The van der Waals surface area contributed by atoms with Gasteiger partial charge in [0.05, 0.1) is 11.4 Å². The Labute approximate surface area is 105 Å². The van der Waals surface area contributed by atoms with E-state index >= 15 is 0 Å². The van der Waals surface area contributed by atoms with Gasteiger partial charge in [0, 0.05) is 4.88 Å². The van der Waals surface area contributed by atoms with Crippen molar-refractivity contribution >= 4 is 23.2 Å². The topological polar surface area (TPSA) is 58.2 Å². The molecule has 0 spiro atoms. The van der Waals surface area contributed by atoms with Crippen molar-refractivity contribution in [1.82, 2.24) is 10.6 Å². The lowest BCUT2D eigenvalue weighted by atomic mass is 10.4. The molecule has 0 aliphatic carbocycles. The number of nitrogens with one attached hydrogen (secondary N) is 2. The number of rotatable bonds is 4. The first-order valence-electron chi connectivity index (χ1n) is 4.96. The summed E-state index contributed by atoms with van der Waals surface area (Å²) in [5.41, 5.74) is 0. The maximum absolute atomic E-state index is 11.8. The van der Waals surface area contributed by atoms with Gasteiger partial charge in [-0.2, -0.15) is 13.2 Å². The summed E-state index contributed by atoms with van der Waals surface area (Å²) in [7, 11) is 0. The van der Waals surface area contributed by atoms with Gasteiger partial charge in [0.2, 0.25) is 5.91 Å². The van der Waals surface area contributed by atoms with Crippen molar-refractivity contribution in [2.45, 2.75) is 13.1 Å². The molecule has 4 nitrogen and oxygen atoms in total. The minimum Gasteiger partial charge on any atom is -0.345 e. The molecule has 8 heteroatoms. The van der Waals surface area contributed by atoms with Crippen LogP contribution in [0, 0.1) is 6.92 Å². The van der Waals surface area contributed by atoms with Gasteiger partial charge < -0.3 is 10.6 Å². The van der Waals surface area contributed by atoms with Crippen molar-refractivity contribution in [1.29, 1.82) is 0 Å². The summed E-state index contributed by atoms with van der Waals surface area (Å²) in [5.74, 6) is -1.36. The van der Waals surface area contributed by atoms with Gasteiger partial charge in [0.15, 0.2) is 0 Å². The van der Waals surface area contributed by atoms with Gasteiger partial charge in [-0.3, -0.25) is 9.59 Å². The average molecular weight is 280 g/mol. The van der Waals surface area contributed by atoms with E-state index in [1.54, 1.807) is 17.4 Å². The van der Waals surface area contributed by atoms with Gasteiger partial charge in [-0.05, 0) is 19.1 Å². The second-order valence-electron chi connectivity index (χ2n) is 3.48. The quantitative estimate of drug-likeness (QED) is 0.877. The Balaban J connectivity index is 2.33. The third-order valence-electron chi connectivity index (χ3n) is 1.86. The van der Waals surface area contributed by atoms with Crippen LogP contribution in [0.3, 0.4) is 0 Å². The highest BCUT2D eigenvalue weighted by atomic mass is 32.1. The lowest BCUT2D eigenvalue weighted by Gasteiger charge is -2.08. The molecule has 1 rings (SSSR count). The van der Waals surface area contributed by atoms with Gasteiger partial charge in [-0.25, -0.2) is 0 Å². The smallest absolute Gasteiger partial charge is 0.345 e. The summed E-state index contributed by atoms with van der Waals surface area (Å²) >= 11 is 1.24. The second-order valence-corrected chi connectivity index (χ2v) is 4.77. The molecule has 0 saturated carbocycles. The van der Waals surface area contributed by atoms with E-state index in [9.17, 15) is 22.8 Å². The minimum absolute atomic E-state index is 0.413. The van der Waals surface area contributed by atoms with Crippen LogP contribution in [0.15, 0.2) is 12.1 Å². The molecule has 0 aliphatic heterocycles. The van der Waals surface area contributed by atoms with Crippen molar-refractivity contribution in [3.63, 3.8) is 0 Å². The molecule has 0 aliphatic rings. The van der Waals surface area contributed by atoms with Crippen molar-refractivity contribution in [3.8, 4) is 0 Å². The minimum atomic E-state index is -4.45. The van der Waals surface area contributed by atoms with Crippen LogP contribution in [0.2, 0.25) is 0 Å². The van der Waals surface area contributed by atoms with Crippen LogP contribution in [-0.4, -0.2) is 31.1 Å². The first kappa shape index (κ1) is 14.5. The lowest BCUT2D eigenvalue weighted by Crippen LogP contribution is -2.40. The Bertz CT molecular complexity index is 443. The van der Waals surface area contributed by atoms with Crippen LogP contribution in [0.4, 0.5) is 13.2 Å². The average Bonchev–Trinajstić information content (AvgIpc) is 2.69. The molecule has 0 saturated heterocycles. The molecule has 1 aromatic rings. The summed E-state index contributed by atoms with van der Waals surface area (Å²) in [6.45, 7) is -0.0663. The largest absolute Gasteiger partial charge is 0.405 e. The summed E-state index contributed by atoms with van der Waals surface area (Å²) in [6, 6.07) is 3.33. The fraction of sp³-hybridized carbons (Fsp3) is 0.400. The van der Waals surface area contributed by atoms with Crippen molar-refractivity contribution in [2.24, 2.45) is 0 Å².